The first kappa shape index (κ1) is 22.6. The summed E-state index contributed by atoms with van der Waals surface area (Å²) in [4.78, 5) is 16.3. The zero-order valence-electron chi connectivity index (χ0n) is 17.7. The van der Waals surface area contributed by atoms with Crippen LogP contribution in [0.1, 0.15) is 29.7 Å². The lowest BCUT2D eigenvalue weighted by Crippen LogP contribution is -2.35. The minimum absolute atomic E-state index is 0.182. The normalized spacial score (nSPS) is 11.7. The number of carbonyl (C=O) groups is 1. The van der Waals surface area contributed by atoms with Gasteiger partial charge in [-0.15, -0.1) is 11.3 Å². The van der Waals surface area contributed by atoms with Gasteiger partial charge < -0.3 is 4.90 Å². The van der Waals surface area contributed by atoms with E-state index in [0.29, 0.717) is 28.3 Å². The molecule has 0 saturated heterocycles. The Morgan fingerprint density at radius 3 is 2.64 bits per heavy atom. The Kier molecular flexibility index (Phi) is 6.77. The van der Waals surface area contributed by atoms with Crippen LogP contribution in [0.5, 0.6) is 0 Å². The Hall–Kier alpha value is -3.61. The highest BCUT2D eigenvalue weighted by Crippen LogP contribution is 2.27. The number of nitrogens with zero attached hydrogens (tertiary/aromatic N) is 4. The molecule has 1 amide bonds. The van der Waals surface area contributed by atoms with E-state index < -0.39 is 6.04 Å². The molecule has 1 unspecified atom stereocenters. The van der Waals surface area contributed by atoms with Gasteiger partial charge >= 0.3 is 0 Å². The number of halogens is 1. The predicted octanol–water partition coefficient (Wildman–Crippen LogP) is 5.47. The minimum Gasteiger partial charge on any atom is -0.332 e. The van der Waals surface area contributed by atoms with Crippen molar-refractivity contribution in [2.24, 2.45) is 0 Å². The number of nitriles is 1. The molecule has 0 spiro atoms. The second-order valence-electron chi connectivity index (χ2n) is 7.51. The van der Waals surface area contributed by atoms with Crippen molar-refractivity contribution in [3.63, 3.8) is 0 Å². The van der Waals surface area contributed by atoms with Gasteiger partial charge in [-0.05, 0) is 66.0 Å². The van der Waals surface area contributed by atoms with Gasteiger partial charge in [0, 0.05) is 13.1 Å². The number of hydrogen-bond acceptors (Lipinski definition) is 5. The third kappa shape index (κ3) is 5.08. The van der Waals surface area contributed by atoms with Crippen LogP contribution in [0.15, 0.2) is 66.0 Å². The molecule has 0 fully saturated rings. The molecule has 0 aliphatic rings. The van der Waals surface area contributed by atoms with E-state index >= 15 is 0 Å². The van der Waals surface area contributed by atoms with Crippen molar-refractivity contribution in [3.8, 4) is 16.8 Å². The second-order valence-corrected chi connectivity index (χ2v) is 8.84. The molecule has 6 nitrogen and oxygen atoms in total. The maximum atomic E-state index is 13.8. The van der Waals surface area contributed by atoms with Crippen LogP contribution < -0.4 is 0 Å². The lowest BCUT2D eigenvalue weighted by Gasteiger charge is -2.27. The van der Waals surface area contributed by atoms with Crippen LogP contribution in [-0.2, 0) is 17.9 Å². The summed E-state index contributed by atoms with van der Waals surface area (Å²) in [6.45, 7) is 2.30. The molecule has 4 aromatic rings. The smallest absolute Gasteiger partial charge is 0.246 e. The van der Waals surface area contributed by atoms with Crippen molar-refractivity contribution in [1.82, 2.24) is 19.7 Å². The molecule has 0 bridgehead atoms. The molecule has 1 atom stereocenters. The van der Waals surface area contributed by atoms with Gasteiger partial charge in [-0.2, -0.15) is 10.4 Å². The Labute approximate surface area is 199 Å². The zero-order chi connectivity index (χ0) is 23.4. The van der Waals surface area contributed by atoms with Crippen molar-refractivity contribution >= 4 is 29.5 Å². The maximum Gasteiger partial charge on any atom is 0.246 e. The fourth-order valence-corrected chi connectivity index (χ4v) is 4.59. The summed E-state index contributed by atoms with van der Waals surface area (Å²) in [5.74, 6) is 0.0576. The standard InChI is InChI=1S/C24H20FN5OS2/c1-16(30-22(27-28-24(30)32)21-6-3-11-33-21)23(31)29(15-19-4-2-5-20(25)12-19)14-18-9-7-17(13-26)8-10-18/h2-12,16H,14-15H2,1H3,(H,28,32). The SMILES string of the molecule is CC(C(=O)N(Cc1ccc(C#N)cc1)Cc1cccc(F)c1)n1c(-c2cccs2)n[nH]c1=S. The third-order valence-electron chi connectivity index (χ3n) is 5.22. The van der Waals surface area contributed by atoms with Crippen LogP contribution in [-0.4, -0.2) is 25.6 Å². The van der Waals surface area contributed by atoms with Crippen LogP contribution >= 0.6 is 23.6 Å². The lowest BCUT2D eigenvalue weighted by atomic mass is 10.1. The molecule has 2 heterocycles. The number of aromatic nitrogens is 3. The Bertz CT molecular complexity index is 1350. The van der Waals surface area contributed by atoms with Crippen molar-refractivity contribution < 1.29 is 9.18 Å². The third-order valence-corrected chi connectivity index (χ3v) is 6.38. The highest BCUT2D eigenvalue weighted by molar-refractivity contribution is 7.71. The number of benzene rings is 2. The fraction of sp³-hybridized carbons (Fsp3) is 0.167. The number of nitrogens with one attached hydrogen (secondary N) is 1. The molecule has 1 N–H and O–H groups in total. The minimum atomic E-state index is -0.639. The average Bonchev–Trinajstić information content (AvgIpc) is 3.48. The number of hydrogen-bond donors (Lipinski definition) is 1. The molecule has 2 aromatic heterocycles. The first-order valence-corrected chi connectivity index (χ1v) is 11.5. The Morgan fingerprint density at radius 1 is 1.21 bits per heavy atom. The summed E-state index contributed by atoms with van der Waals surface area (Å²) < 4.78 is 15.9. The largest absolute Gasteiger partial charge is 0.332 e. The van der Waals surface area contributed by atoms with Crippen LogP contribution in [0.3, 0.4) is 0 Å². The van der Waals surface area contributed by atoms with E-state index in [1.807, 2.05) is 29.6 Å². The summed E-state index contributed by atoms with van der Waals surface area (Å²) in [6, 6.07) is 18.5. The van der Waals surface area contributed by atoms with Crippen molar-refractivity contribution in [2.75, 3.05) is 0 Å². The Balaban J connectivity index is 1.67. The second kappa shape index (κ2) is 9.90. The van der Waals surface area contributed by atoms with Gasteiger partial charge in [-0.1, -0.05) is 30.3 Å². The van der Waals surface area contributed by atoms with Crippen LogP contribution in [0.2, 0.25) is 0 Å². The molecule has 166 valence electrons. The topological polar surface area (TPSA) is 77.7 Å². The summed E-state index contributed by atoms with van der Waals surface area (Å²) in [5, 5.41) is 18.1. The fourth-order valence-electron chi connectivity index (χ4n) is 3.59. The molecule has 33 heavy (non-hydrogen) atoms. The zero-order valence-corrected chi connectivity index (χ0v) is 19.4. The summed E-state index contributed by atoms with van der Waals surface area (Å²) >= 11 is 6.94. The number of aromatic amines is 1. The van der Waals surface area contributed by atoms with E-state index in [1.54, 1.807) is 40.7 Å². The monoisotopic (exact) mass is 477 g/mol. The van der Waals surface area contributed by atoms with Crippen molar-refractivity contribution in [2.45, 2.75) is 26.1 Å². The van der Waals surface area contributed by atoms with E-state index in [-0.39, 0.29) is 18.3 Å². The molecule has 0 aliphatic heterocycles. The highest BCUT2D eigenvalue weighted by Gasteiger charge is 2.26. The van der Waals surface area contributed by atoms with Gasteiger partial charge in [0.25, 0.3) is 0 Å². The summed E-state index contributed by atoms with van der Waals surface area (Å²) in [6.07, 6.45) is 0. The van der Waals surface area contributed by atoms with E-state index in [0.717, 1.165) is 10.4 Å². The summed E-state index contributed by atoms with van der Waals surface area (Å²) in [7, 11) is 0. The van der Waals surface area contributed by atoms with Gasteiger partial charge in [0.2, 0.25) is 5.91 Å². The molecule has 4 rings (SSSR count). The van der Waals surface area contributed by atoms with Crippen LogP contribution in [0.4, 0.5) is 4.39 Å². The molecule has 0 aliphatic carbocycles. The van der Waals surface area contributed by atoms with E-state index in [2.05, 4.69) is 16.3 Å². The van der Waals surface area contributed by atoms with E-state index in [4.69, 9.17) is 17.5 Å². The van der Waals surface area contributed by atoms with Gasteiger partial charge in [-0.3, -0.25) is 14.5 Å². The van der Waals surface area contributed by atoms with Gasteiger partial charge in [0.1, 0.15) is 11.9 Å². The maximum absolute atomic E-state index is 13.8. The molecular formula is C24H20FN5OS2. The molecule has 0 radical (unpaired) electrons. The highest BCUT2D eigenvalue weighted by atomic mass is 32.1. The first-order valence-electron chi connectivity index (χ1n) is 10.2. The molecular weight excluding hydrogens is 457 g/mol. The quantitative estimate of drug-likeness (QED) is 0.358. The number of thiophene rings is 1. The van der Waals surface area contributed by atoms with Crippen LogP contribution in [0.25, 0.3) is 10.7 Å². The van der Waals surface area contributed by atoms with Gasteiger partial charge in [0.05, 0.1) is 16.5 Å². The number of amides is 1. The number of rotatable bonds is 7. The van der Waals surface area contributed by atoms with Gasteiger partial charge in [0.15, 0.2) is 10.6 Å². The Morgan fingerprint density at radius 2 is 1.97 bits per heavy atom. The van der Waals surface area contributed by atoms with Gasteiger partial charge in [-0.25, -0.2) is 4.39 Å². The van der Waals surface area contributed by atoms with E-state index in [9.17, 15) is 9.18 Å². The molecule has 2 aromatic carbocycles. The molecule has 0 saturated carbocycles. The first-order chi connectivity index (χ1) is 16.0. The lowest BCUT2D eigenvalue weighted by molar-refractivity contribution is -0.135. The molecule has 9 heteroatoms. The van der Waals surface area contributed by atoms with Crippen molar-refractivity contribution in [1.29, 1.82) is 5.26 Å². The number of H-pyrrole nitrogens is 1. The average molecular weight is 478 g/mol. The van der Waals surface area contributed by atoms with Crippen molar-refractivity contribution in [3.05, 3.63) is 93.3 Å². The predicted molar refractivity (Wildman–Crippen MR) is 127 cm³/mol. The van der Waals surface area contributed by atoms with E-state index in [1.165, 1.54) is 23.5 Å². The summed E-state index contributed by atoms with van der Waals surface area (Å²) in [5.41, 5.74) is 2.08. The number of carbonyl (C=O) groups excluding carboxylic acids is 1. The van der Waals surface area contributed by atoms with Crippen LogP contribution in [0, 0.1) is 21.9 Å².